The van der Waals surface area contributed by atoms with Crippen molar-refractivity contribution in [1.29, 1.82) is 0 Å². The van der Waals surface area contributed by atoms with Crippen molar-refractivity contribution in [2.24, 2.45) is 11.3 Å². The molecule has 0 N–H and O–H groups in total. The van der Waals surface area contributed by atoms with Gasteiger partial charge in [-0.3, -0.25) is 0 Å². The van der Waals surface area contributed by atoms with Crippen molar-refractivity contribution >= 4 is 15.1 Å². The van der Waals surface area contributed by atoms with E-state index in [0.29, 0.717) is 5.41 Å². The Morgan fingerprint density at radius 2 is 1.33 bits per heavy atom. The lowest BCUT2D eigenvalue weighted by molar-refractivity contribution is 0.143. The van der Waals surface area contributed by atoms with Gasteiger partial charge >= 0.3 is 0 Å². The Kier molecular flexibility index (Phi) is 5.78. The monoisotopic (exact) mass is 287 g/mol. The molecule has 1 aliphatic carbocycles. The summed E-state index contributed by atoms with van der Waals surface area (Å²) in [6, 6.07) is 0. The van der Waals surface area contributed by atoms with Crippen molar-refractivity contribution in [1.82, 2.24) is 0 Å². The molecule has 21 heavy (non-hydrogen) atoms. The average Bonchev–Trinajstić information content (AvgIpc) is 2.22. The number of hydrogen-bond donors (Lipinski definition) is 0. The van der Waals surface area contributed by atoms with E-state index in [1.54, 1.807) is 0 Å². The minimum Gasteiger partial charge on any atom is -0.0680 e. The predicted molar refractivity (Wildman–Crippen MR) is 98.6 cm³/mol. The number of hydrogen-bond acceptors (Lipinski definition) is 0. The highest BCUT2D eigenvalue weighted by atomic mass is 14.4. The van der Waals surface area contributed by atoms with Crippen LogP contribution in [0.15, 0.2) is 0 Å². The fraction of sp³-hybridized carbons (Fsp3) is 1.00. The van der Waals surface area contributed by atoms with Crippen LogP contribution >= 0.6 is 0 Å². The maximum absolute atomic E-state index is 6.95. The summed E-state index contributed by atoms with van der Waals surface area (Å²) in [7, 11) is 9.44. The van der Waals surface area contributed by atoms with Crippen LogP contribution in [-0.4, -0.2) is 15.1 Å². The summed E-state index contributed by atoms with van der Waals surface area (Å²) in [4.78, 5) is 0. The van der Waals surface area contributed by atoms with E-state index in [4.69, 9.17) is 7.85 Å². The standard InChI is InChI=1S/C19H37B2/c1-15(2)18(8)11-9-13-19(20,14-10-12-18)17(6,7)21-16(3,4)5/h15H,9-14H2,1-8H3. The van der Waals surface area contributed by atoms with E-state index in [9.17, 15) is 0 Å². The maximum Gasteiger partial charge on any atom is 0.124 e. The number of rotatable bonds is 3. The second-order valence-corrected chi connectivity index (χ2v) is 9.90. The van der Waals surface area contributed by atoms with Crippen molar-refractivity contribution in [3.8, 4) is 0 Å². The smallest absolute Gasteiger partial charge is 0.0680 e. The first-order valence-corrected chi connectivity index (χ1v) is 8.97. The fourth-order valence-electron chi connectivity index (χ4n) is 4.31. The molecule has 0 aromatic rings. The van der Waals surface area contributed by atoms with Crippen LogP contribution in [-0.2, 0) is 0 Å². The Balaban J connectivity index is 2.81. The van der Waals surface area contributed by atoms with Crippen LogP contribution in [0, 0.1) is 11.3 Å². The van der Waals surface area contributed by atoms with Gasteiger partial charge in [0.25, 0.3) is 0 Å². The molecule has 0 saturated heterocycles. The molecule has 1 aliphatic rings. The molecule has 0 aromatic heterocycles. The molecule has 1 fully saturated rings. The molecular weight excluding hydrogens is 250 g/mol. The molecule has 0 atom stereocenters. The zero-order chi connectivity index (χ0) is 16.5. The summed E-state index contributed by atoms with van der Waals surface area (Å²) in [5, 5.41) is 0.278. The van der Waals surface area contributed by atoms with Gasteiger partial charge in [-0.05, 0) is 24.2 Å². The first kappa shape index (κ1) is 19.2. The van der Waals surface area contributed by atoms with Gasteiger partial charge in [-0.2, -0.15) is 0 Å². The van der Waals surface area contributed by atoms with Gasteiger partial charge in [-0.15, -0.1) is 0 Å². The minimum atomic E-state index is -0.0431. The van der Waals surface area contributed by atoms with Gasteiger partial charge in [0, 0.05) is 0 Å². The summed E-state index contributed by atoms with van der Waals surface area (Å²) in [5.41, 5.74) is 0.513. The average molecular weight is 287 g/mol. The first-order chi connectivity index (χ1) is 9.31. The lowest BCUT2D eigenvalue weighted by Crippen LogP contribution is -2.37. The van der Waals surface area contributed by atoms with Crippen molar-refractivity contribution in [2.45, 2.75) is 110 Å². The van der Waals surface area contributed by atoms with Gasteiger partial charge < -0.3 is 0 Å². The van der Waals surface area contributed by atoms with Crippen LogP contribution in [0.5, 0.6) is 0 Å². The zero-order valence-electron chi connectivity index (χ0n) is 16.0. The Morgan fingerprint density at radius 3 is 1.67 bits per heavy atom. The Hall–Kier alpha value is 0.130. The molecule has 2 heteroatoms. The molecule has 0 heterocycles. The van der Waals surface area contributed by atoms with Crippen LogP contribution < -0.4 is 0 Å². The largest absolute Gasteiger partial charge is 0.124 e. The molecule has 0 amide bonds. The highest BCUT2D eigenvalue weighted by molar-refractivity contribution is 6.46. The molecule has 0 nitrogen and oxygen atoms in total. The van der Waals surface area contributed by atoms with E-state index in [-0.39, 0.29) is 15.9 Å². The SMILES string of the molecule is [B]C1(C(C)(C)[B]C(C)(C)C)CCCC(C)(C(C)C)CCC1. The minimum absolute atomic E-state index is 0.0431. The first-order valence-electron chi connectivity index (χ1n) is 8.97. The third-order valence-corrected chi connectivity index (χ3v) is 6.21. The summed E-state index contributed by atoms with van der Waals surface area (Å²) in [5.74, 6) is 0.775. The summed E-state index contributed by atoms with van der Waals surface area (Å²) in [6.45, 7) is 18.8. The highest BCUT2D eigenvalue weighted by Gasteiger charge is 2.43. The predicted octanol–water partition coefficient (Wildman–Crippen LogP) is 6.45. The molecular formula is C19H37B2. The summed E-state index contributed by atoms with van der Waals surface area (Å²) < 4.78 is 0. The van der Waals surface area contributed by atoms with Gasteiger partial charge in [0.05, 0.1) is 7.85 Å². The fourth-order valence-corrected chi connectivity index (χ4v) is 4.31. The summed E-state index contributed by atoms with van der Waals surface area (Å²) in [6.07, 6.45) is 7.52. The van der Waals surface area contributed by atoms with Gasteiger partial charge in [-0.1, -0.05) is 97.0 Å². The third kappa shape index (κ3) is 4.80. The van der Waals surface area contributed by atoms with Gasteiger partial charge in [-0.25, -0.2) is 0 Å². The molecule has 0 spiro atoms. The van der Waals surface area contributed by atoms with Gasteiger partial charge in [0.2, 0.25) is 0 Å². The van der Waals surface area contributed by atoms with E-state index in [0.717, 1.165) is 18.8 Å². The molecule has 0 aromatic carbocycles. The molecule has 3 radical (unpaired) electrons. The molecule has 0 aliphatic heterocycles. The van der Waals surface area contributed by atoms with Crippen LogP contribution in [0.1, 0.15) is 93.9 Å². The van der Waals surface area contributed by atoms with Crippen LogP contribution in [0.3, 0.4) is 0 Å². The van der Waals surface area contributed by atoms with Crippen molar-refractivity contribution in [2.75, 3.05) is 0 Å². The highest BCUT2D eigenvalue weighted by Crippen LogP contribution is 2.60. The molecule has 1 saturated carbocycles. The molecule has 0 unspecified atom stereocenters. The Bertz CT molecular complexity index is 326. The second-order valence-electron chi connectivity index (χ2n) is 9.90. The van der Waals surface area contributed by atoms with Crippen LogP contribution in [0.4, 0.5) is 0 Å². The van der Waals surface area contributed by atoms with E-state index in [2.05, 4.69) is 62.7 Å². The Morgan fingerprint density at radius 1 is 0.905 bits per heavy atom. The molecule has 1 rings (SSSR count). The lowest BCUT2D eigenvalue weighted by Gasteiger charge is -2.50. The maximum atomic E-state index is 6.95. The van der Waals surface area contributed by atoms with Gasteiger partial charge in [0.15, 0.2) is 0 Å². The molecule has 119 valence electrons. The van der Waals surface area contributed by atoms with E-state index in [1.807, 2.05) is 0 Å². The second kappa shape index (κ2) is 6.32. The van der Waals surface area contributed by atoms with E-state index in [1.165, 1.54) is 25.7 Å². The quantitative estimate of drug-likeness (QED) is 0.523. The lowest BCUT2D eigenvalue weighted by atomic mass is 9.30. The zero-order valence-corrected chi connectivity index (χ0v) is 16.0. The van der Waals surface area contributed by atoms with Crippen LogP contribution in [0.25, 0.3) is 0 Å². The van der Waals surface area contributed by atoms with Crippen molar-refractivity contribution in [3.05, 3.63) is 0 Å². The van der Waals surface area contributed by atoms with Gasteiger partial charge in [0.1, 0.15) is 7.28 Å². The van der Waals surface area contributed by atoms with Crippen molar-refractivity contribution in [3.63, 3.8) is 0 Å². The van der Waals surface area contributed by atoms with Crippen molar-refractivity contribution < 1.29 is 0 Å². The van der Waals surface area contributed by atoms with Crippen LogP contribution in [0.2, 0.25) is 15.9 Å². The Labute approximate surface area is 136 Å². The van der Waals surface area contributed by atoms with E-state index < -0.39 is 0 Å². The summed E-state index contributed by atoms with van der Waals surface area (Å²) >= 11 is 0. The molecule has 0 bridgehead atoms. The third-order valence-electron chi connectivity index (χ3n) is 6.21. The normalized spacial score (nSPS) is 32.6. The van der Waals surface area contributed by atoms with E-state index >= 15 is 0 Å². The topological polar surface area (TPSA) is 0 Å².